The van der Waals surface area contributed by atoms with Crippen LogP contribution < -0.4 is 5.32 Å². The number of amides is 1. The summed E-state index contributed by atoms with van der Waals surface area (Å²) in [5.41, 5.74) is -0.764. The van der Waals surface area contributed by atoms with Gasteiger partial charge in [0, 0.05) is 5.56 Å². The van der Waals surface area contributed by atoms with Crippen molar-refractivity contribution in [2.24, 2.45) is 0 Å². The highest BCUT2D eigenvalue weighted by Crippen LogP contribution is 3.02. The summed E-state index contributed by atoms with van der Waals surface area (Å²) >= 11 is 0. The second-order valence-corrected chi connectivity index (χ2v) is 7.75. The van der Waals surface area contributed by atoms with Gasteiger partial charge in [-0.1, -0.05) is 42.7 Å². The number of rotatable bonds is 4. The quantitative estimate of drug-likeness (QED) is 0.554. The fraction of sp³-hybridized carbons (Fsp3) is 0. The van der Waals surface area contributed by atoms with E-state index >= 15 is 0 Å². The molecular weight excluding hydrogens is 400 g/mol. The molecule has 0 saturated carbocycles. The van der Waals surface area contributed by atoms with Crippen LogP contribution in [0.25, 0.3) is 11.5 Å². The van der Waals surface area contributed by atoms with Crippen LogP contribution in [0.15, 0.2) is 57.8 Å². The predicted molar refractivity (Wildman–Crippen MR) is 85.5 cm³/mol. The number of benzene rings is 2. The molecule has 12 heteroatoms. The van der Waals surface area contributed by atoms with E-state index in [1.807, 2.05) is 5.32 Å². The van der Waals surface area contributed by atoms with Crippen molar-refractivity contribution in [3.63, 3.8) is 0 Å². The molecule has 0 aliphatic carbocycles. The van der Waals surface area contributed by atoms with Crippen LogP contribution >= 0.6 is 10.2 Å². The van der Waals surface area contributed by atoms with Gasteiger partial charge in [0.05, 0.1) is 5.56 Å². The van der Waals surface area contributed by atoms with Gasteiger partial charge in [0.1, 0.15) is 10.7 Å². The van der Waals surface area contributed by atoms with Gasteiger partial charge in [-0.2, -0.15) is 0 Å². The zero-order chi connectivity index (χ0) is 19.9. The Kier molecular flexibility index (Phi) is 3.81. The molecular formula is C15H9F6N3O2S. The van der Waals surface area contributed by atoms with E-state index in [-0.39, 0.29) is 23.6 Å². The standard InChI is InChI=1S/C15H9F6N3O2S/c16-12-7-2-1-6-11(12)14-23-24-15(26-14)22-13(25)9-4-3-5-10(8-9)27(17,18,19,20)21/h1-8H,(H,22,24,25). The Labute approximate surface area is 147 Å². The third kappa shape index (κ3) is 4.22. The van der Waals surface area contributed by atoms with Gasteiger partial charge in [-0.05, 0) is 30.3 Å². The molecule has 0 bridgehead atoms. The van der Waals surface area contributed by atoms with Gasteiger partial charge < -0.3 is 4.42 Å². The Morgan fingerprint density at radius 3 is 2.33 bits per heavy atom. The molecule has 0 aliphatic heterocycles. The minimum absolute atomic E-state index is 0.0189. The SMILES string of the molecule is O=C(Nc1nnc(-c2ccccc2F)o1)c1cccc(S(F)(F)(F)(F)F)c1. The maximum absolute atomic E-state index is 13.7. The van der Waals surface area contributed by atoms with Gasteiger partial charge in [0.25, 0.3) is 11.8 Å². The van der Waals surface area contributed by atoms with Crippen LogP contribution in [0.5, 0.6) is 0 Å². The smallest absolute Gasteiger partial charge is 0.322 e. The number of nitrogens with one attached hydrogen (secondary N) is 1. The fourth-order valence-corrected chi connectivity index (χ4v) is 2.75. The van der Waals surface area contributed by atoms with E-state index in [9.17, 15) is 28.6 Å². The second kappa shape index (κ2) is 5.49. The number of carbonyl (C=O) groups is 1. The predicted octanol–water partition coefficient (Wildman–Crippen LogP) is 5.79. The highest BCUT2D eigenvalue weighted by atomic mass is 32.5. The summed E-state index contributed by atoms with van der Waals surface area (Å²) < 4.78 is 82.9. The lowest BCUT2D eigenvalue weighted by molar-refractivity contribution is 0.102. The van der Waals surface area contributed by atoms with Gasteiger partial charge in [-0.25, -0.2) is 4.39 Å². The average molecular weight is 409 g/mol. The van der Waals surface area contributed by atoms with Crippen LogP contribution in [0.1, 0.15) is 10.4 Å². The van der Waals surface area contributed by atoms with Crippen LogP contribution in [-0.2, 0) is 0 Å². The topological polar surface area (TPSA) is 68.0 Å². The Bertz CT molecular complexity index is 1040. The normalized spacial score (nSPS) is 14.3. The monoisotopic (exact) mass is 409 g/mol. The molecule has 0 atom stereocenters. The van der Waals surface area contributed by atoms with E-state index in [0.29, 0.717) is 6.07 Å². The summed E-state index contributed by atoms with van der Waals surface area (Å²) in [6.07, 6.45) is 0. The van der Waals surface area contributed by atoms with Crippen molar-refractivity contribution >= 4 is 22.1 Å². The number of aromatic nitrogens is 2. The first kappa shape index (κ1) is 18.8. The lowest BCUT2D eigenvalue weighted by Gasteiger charge is -2.40. The number of anilines is 1. The molecule has 0 unspecified atom stereocenters. The summed E-state index contributed by atoms with van der Waals surface area (Å²) in [6, 6.07) is 6.58. The molecule has 0 spiro atoms. The Balaban J connectivity index is 1.85. The first-order valence-electron chi connectivity index (χ1n) is 7.07. The number of carbonyl (C=O) groups excluding carboxylic acids is 1. The van der Waals surface area contributed by atoms with Crippen LogP contribution in [-0.4, -0.2) is 16.1 Å². The lowest BCUT2D eigenvalue weighted by Crippen LogP contribution is -2.14. The zero-order valence-electron chi connectivity index (χ0n) is 13.0. The van der Waals surface area contributed by atoms with Crippen molar-refractivity contribution in [3.8, 4) is 11.5 Å². The zero-order valence-corrected chi connectivity index (χ0v) is 13.8. The van der Waals surface area contributed by atoms with E-state index in [0.717, 1.165) is 12.1 Å². The van der Waals surface area contributed by atoms with Gasteiger partial charge in [-0.3, -0.25) is 10.1 Å². The highest BCUT2D eigenvalue weighted by molar-refractivity contribution is 8.45. The van der Waals surface area contributed by atoms with Gasteiger partial charge in [0.2, 0.25) is 0 Å². The van der Waals surface area contributed by atoms with Crippen molar-refractivity contribution in [3.05, 3.63) is 59.9 Å². The van der Waals surface area contributed by atoms with Crippen molar-refractivity contribution in [1.82, 2.24) is 10.2 Å². The minimum Gasteiger partial charge on any atom is -0.403 e. The van der Waals surface area contributed by atoms with Crippen molar-refractivity contribution < 1.29 is 33.0 Å². The number of hydrogen-bond donors (Lipinski definition) is 1. The maximum atomic E-state index is 13.7. The summed E-state index contributed by atoms with van der Waals surface area (Å²) in [4.78, 5) is 9.79. The molecule has 3 aromatic rings. The van der Waals surface area contributed by atoms with Crippen LogP contribution in [0.3, 0.4) is 0 Å². The van der Waals surface area contributed by atoms with E-state index < -0.39 is 38.4 Å². The largest absolute Gasteiger partial charge is 0.403 e. The molecule has 0 fully saturated rings. The van der Waals surface area contributed by atoms with E-state index in [4.69, 9.17) is 4.42 Å². The first-order chi connectivity index (χ1) is 12.3. The summed E-state index contributed by atoms with van der Waals surface area (Å²) in [5, 5.41) is 8.90. The average Bonchev–Trinajstić information content (AvgIpc) is 3.01. The summed E-state index contributed by atoms with van der Waals surface area (Å²) in [7, 11) is -9.93. The molecule has 0 saturated heterocycles. The Morgan fingerprint density at radius 2 is 1.67 bits per heavy atom. The maximum Gasteiger partial charge on any atom is 0.322 e. The summed E-state index contributed by atoms with van der Waals surface area (Å²) in [6.45, 7) is 0. The van der Waals surface area contributed by atoms with Crippen LogP contribution in [0.2, 0.25) is 0 Å². The summed E-state index contributed by atoms with van der Waals surface area (Å²) in [5.74, 6) is -2.16. The molecule has 27 heavy (non-hydrogen) atoms. The van der Waals surface area contributed by atoms with Crippen molar-refractivity contribution in [2.45, 2.75) is 4.90 Å². The van der Waals surface area contributed by atoms with Gasteiger partial charge in [-0.15, -0.1) is 5.10 Å². The molecule has 144 valence electrons. The van der Waals surface area contributed by atoms with E-state index in [1.54, 1.807) is 0 Å². The van der Waals surface area contributed by atoms with Crippen molar-refractivity contribution in [1.29, 1.82) is 0 Å². The minimum atomic E-state index is -9.93. The number of nitrogens with zero attached hydrogens (tertiary/aromatic N) is 2. The van der Waals surface area contributed by atoms with Crippen LogP contribution in [0, 0.1) is 5.82 Å². The molecule has 2 aromatic carbocycles. The number of hydrogen-bond acceptors (Lipinski definition) is 4. The molecule has 5 nitrogen and oxygen atoms in total. The Morgan fingerprint density at radius 1 is 0.963 bits per heavy atom. The van der Waals surface area contributed by atoms with Crippen LogP contribution in [0.4, 0.5) is 29.8 Å². The van der Waals surface area contributed by atoms with E-state index in [1.165, 1.54) is 18.2 Å². The molecule has 0 aliphatic rings. The Hall–Kier alpha value is -3.02. The molecule has 1 aromatic heterocycles. The van der Waals surface area contributed by atoms with Crippen molar-refractivity contribution in [2.75, 3.05) is 5.32 Å². The molecule has 1 N–H and O–H groups in total. The molecule has 0 radical (unpaired) electrons. The third-order valence-electron chi connectivity index (χ3n) is 3.29. The first-order valence-corrected chi connectivity index (χ1v) is 9.02. The molecule has 1 heterocycles. The molecule has 3 rings (SSSR count). The second-order valence-electron chi connectivity index (χ2n) is 5.34. The van der Waals surface area contributed by atoms with E-state index in [2.05, 4.69) is 10.2 Å². The fourth-order valence-electron chi connectivity index (χ4n) is 2.06. The molecule has 1 amide bonds. The lowest BCUT2D eigenvalue weighted by atomic mass is 10.2. The van der Waals surface area contributed by atoms with Gasteiger partial charge >= 0.3 is 16.2 Å². The number of halogens is 6. The van der Waals surface area contributed by atoms with Gasteiger partial charge in [0.15, 0.2) is 0 Å². The third-order valence-corrected chi connectivity index (χ3v) is 4.44. The highest BCUT2D eigenvalue weighted by Gasteiger charge is 2.65.